The Morgan fingerprint density at radius 1 is 1.22 bits per heavy atom. The number of aromatic hydroxyl groups is 1. The molecular formula is C17H21N2O4+. The summed E-state index contributed by atoms with van der Waals surface area (Å²) in [5, 5.41) is 12.2. The van der Waals surface area contributed by atoms with Crippen molar-refractivity contribution in [3.63, 3.8) is 0 Å². The zero-order valence-electron chi connectivity index (χ0n) is 13.3. The Balaban J connectivity index is 1.83. The number of nitrogens with one attached hydrogen (secondary N) is 1. The normalized spacial score (nSPS) is 10.2. The Morgan fingerprint density at radius 2 is 2.00 bits per heavy atom. The fourth-order valence-electron chi connectivity index (χ4n) is 2.21. The smallest absolute Gasteiger partial charge is 0.286 e. The van der Waals surface area contributed by atoms with Gasteiger partial charge in [0.05, 0.1) is 14.2 Å². The molecule has 2 aromatic rings. The second-order valence-electron chi connectivity index (χ2n) is 5.02. The van der Waals surface area contributed by atoms with Crippen molar-refractivity contribution in [1.82, 2.24) is 5.32 Å². The number of benzene rings is 1. The van der Waals surface area contributed by atoms with Crippen molar-refractivity contribution in [2.45, 2.75) is 13.0 Å². The molecule has 0 fully saturated rings. The number of hydrogen-bond donors (Lipinski definition) is 2. The SMILES string of the molecule is COc1ccc(CCNC(=O)C[n+]2cccc(O)c2)cc1OC. The van der Waals surface area contributed by atoms with Crippen LogP contribution in [0.25, 0.3) is 0 Å². The van der Waals surface area contributed by atoms with E-state index in [-0.39, 0.29) is 18.2 Å². The molecule has 6 heteroatoms. The maximum absolute atomic E-state index is 11.9. The summed E-state index contributed by atoms with van der Waals surface area (Å²) >= 11 is 0. The van der Waals surface area contributed by atoms with Crippen LogP contribution in [0.2, 0.25) is 0 Å². The topological polar surface area (TPSA) is 71.7 Å². The van der Waals surface area contributed by atoms with Gasteiger partial charge in [0.15, 0.2) is 23.4 Å². The van der Waals surface area contributed by atoms with Crippen LogP contribution in [0, 0.1) is 0 Å². The summed E-state index contributed by atoms with van der Waals surface area (Å²) in [4.78, 5) is 11.9. The van der Waals surface area contributed by atoms with Crippen LogP contribution in [-0.2, 0) is 17.8 Å². The average molecular weight is 317 g/mol. The summed E-state index contributed by atoms with van der Waals surface area (Å²) in [5.74, 6) is 1.37. The second kappa shape index (κ2) is 8.03. The Kier molecular flexibility index (Phi) is 5.80. The number of rotatable bonds is 7. The van der Waals surface area contributed by atoms with Gasteiger partial charge in [-0.3, -0.25) is 4.79 Å². The zero-order chi connectivity index (χ0) is 16.7. The van der Waals surface area contributed by atoms with E-state index in [1.165, 1.54) is 6.20 Å². The lowest BCUT2D eigenvalue weighted by molar-refractivity contribution is -0.684. The van der Waals surface area contributed by atoms with E-state index in [1.807, 2.05) is 18.2 Å². The molecule has 1 amide bonds. The first-order valence-corrected chi connectivity index (χ1v) is 7.28. The van der Waals surface area contributed by atoms with E-state index in [4.69, 9.17) is 9.47 Å². The summed E-state index contributed by atoms with van der Waals surface area (Å²) in [6.45, 7) is 0.689. The van der Waals surface area contributed by atoms with Gasteiger partial charge in [0, 0.05) is 12.6 Å². The van der Waals surface area contributed by atoms with Gasteiger partial charge in [-0.25, -0.2) is 0 Å². The Labute approximate surface area is 135 Å². The van der Waals surface area contributed by atoms with Crippen molar-refractivity contribution < 1.29 is 23.9 Å². The first kappa shape index (κ1) is 16.6. The molecule has 0 atom stereocenters. The molecule has 0 aliphatic rings. The zero-order valence-corrected chi connectivity index (χ0v) is 13.3. The van der Waals surface area contributed by atoms with Crippen LogP contribution < -0.4 is 19.4 Å². The minimum Gasteiger partial charge on any atom is -0.503 e. The van der Waals surface area contributed by atoms with Crippen LogP contribution in [0.1, 0.15) is 5.56 Å². The largest absolute Gasteiger partial charge is 0.503 e. The molecule has 0 aliphatic heterocycles. The Bertz CT molecular complexity index is 673. The van der Waals surface area contributed by atoms with Gasteiger partial charge in [0.1, 0.15) is 0 Å². The average Bonchev–Trinajstić information content (AvgIpc) is 2.54. The van der Waals surface area contributed by atoms with E-state index in [0.717, 1.165) is 5.56 Å². The fraction of sp³-hybridized carbons (Fsp3) is 0.294. The summed E-state index contributed by atoms with van der Waals surface area (Å²) in [6.07, 6.45) is 3.93. The first-order valence-electron chi connectivity index (χ1n) is 7.28. The van der Waals surface area contributed by atoms with Crippen LogP contribution in [0.3, 0.4) is 0 Å². The molecular weight excluding hydrogens is 296 g/mol. The molecule has 0 radical (unpaired) electrons. The predicted octanol–water partition coefficient (Wildman–Crippen LogP) is 1.06. The van der Waals surface area contributed by atoms with Crippen LogP contribution in [-0.4, -0.2) is 31.8 Å². The number of carbonyl (C=O) groups is 1. The number of aromatic nitrogens is 1. The van der Waals surface area contributed by atoms with E-state index in [9.17, 15) is 9.90 Å². The van der Waals surface area contributed by atoms with Crippen LogP contribution in [0.5, 0.6) is 17.2 Å². The van der Waals surface area contributed by atoms with Gasteiger partial charge < -0.3 is 19.9 Å². The second-order valence-corrected chi connectivity index (χ2v) is 5.02. The molecule has 2 rings (SSSR count). The van der Waals surface area contributed by atoms with Crippen molar-refractivity contribution in [2.24, 2.45) is 0 Å². The molecule has 23 heavy (non-hydrogen) atoms. The molecule has 122 valence electrons. The van der Waals surface area contributed by atoms with E-state index in [0.29, 0.717) is 24.5 Å². The number of amides is 1. The number of ether oxygens (including phenoxy) is 2. The van der Waals surface area contributed by atoms with Crippen LogP contribution in [0.4, 0.5) is 0 Å². The Hall–Kier alpha value is -2.76. The van der Waals surface area contributed by atoms with Crippen molar-refractivity contribution in [3.8, 4) is 17.2 Å². The molecule has 0 unspecified atom stereocenters. The van der Waals surface area contributed by atoms with E-state index in [1.54, 1.807) is 37.1 Å². The molecule has 1 aromatic carbocycles. The lowest BCUT2D eigenvalue weighted by atomic mass is 10.1. The van der Waals surface area contributed by atoms with Crippen LogP contribution in [0.15, 0.2) is 42.7 Å². The lowest BCUT2D eigenvalue weighted by Gasteiger charge is -2.09. The number of carbonyl (C=O) groups excluding carboxylic acids is 1. The van der Waals surface area contributed by atoms with Crippen molar-refractivity contribution >= 4 is 5.91 Å². The van der Waals surface area contributed by atoms with Gasteiger partial charge in [-0.2, -0.15) is 4.57 Å². The van der Waals surface area contributed by atoms with E-state index in [2.05, 4.69) is 5.32 Å². The maximum Gasteiger partial charge on any atom is 0.286 e. The number of nitrogens with zero attached hydrogens (tertiary/aromatic N) is 1. The number of hydrogen-bond acceptors (Lipinski definition) is 4. The number of pyridine rings is 1. The molecule has 1 aromatic heterocycles. The minimum absolute atomic E-state index is 0.110. The van der Waals surface area contributed by atoms with Gasteiger partial charge in [-0.05, 0) is 30.2 Å². The highest BCUT2D eigenvalue weighted by Gasteiger charge is 2.10. The third kappa shape index (κ3) is 4.88. The monoisotopic (exact) mass is 317 g/mol. The predicted molar refractivity (Wildman–Crippen MR) is 84.6 cm³/mol. The molecule has 0 saturated carbocycles. The fourth-order valence-corrected chi connectivity index (χ4v) is 2.21. The van der Waals surface area contributed by atoms with Gasteiger partial charge in [-0.1, -0.05) is 6.07 Å². The van der Waals surface area contributed by atoms with Crippen molar-refractivity contribution in [3.05, 3.63) is 48.3 Å². The molecule has 6 nitrogen and oxygen atoms in total. The highest BCUT2D eigenvalue weighted by atomic mass is 16.5. The molecule has 1 heterocycles. The Morgan fingerprint density at radius 3 is 2.70 bits per heavy atom. The molecule has 0 bridgehead atoms. The first-order chi connectivity index (χ1) is 11.1. The molecule has 0 aliphatic carbocycles. The maximum atomic E-state index is 11.9. The molecule has 2 N–H and O–H groups in total. The molecule has 0 saturated heterocycles. The quantitative estimate of drug-likeness (QED) is 0.749. The summed E-state index contributed by atoms with van der Waals surface area (Å²) in [6, 6.07) is 8.93. The highest BCUT2D eigenvalue weighted by molar-refractivity contribution is 5.74. The van der Waals surface area contributed by atoms with Gasteiger partial charge in [0.25, 0.3) is 5.91 Å². The number of methoxy groups -OCH3 is 2. The van der Waals surface area contributed by atoms with Crippen LogP contribution >= 0.6 is 0 Å². The van der Waals surface area contributed by atoms with Crippen molar-refractivity contribution in [2.75, 3.05) is 20.8 Å². The van der Waals surface area contributed by atoms with E-state index < -0.39 is 0 Å². The summed E-state index contributed by atoms with van der Waals surface area (Å²) in [7, 11) is 3.19. The van der Waals surface area contributed by atoms with Gasteiger partial charge in [-0.15, -0.1) is 0 Å². The third-order valence-corrected chi connectivity index (χ3v) is 3.35. The minimum atomic E-state index is -0.110. The summed E-state index contributed by atoms with van der Waals surface area (Å²) in [5.41, 5.74) is 1.05. The summed E-state index contributed by atoms with van der Waals surface area (Å²) < 4.78 is 12.1. The standard InChI is InChI=1S/C17H20N2O4/c1-22-15-6-5-13(10-16(15)23-2)7-8-18-17(21)12-19-9-3-4-14(20)11-19/h3-6,9-11H,7-8,12H2,1-2H3,(H-,18,20,21)/p+1. The van der Waals surface area contributed by atoms with Crippen molar-refractivity contribution in [1.29, 1.82) is 0 Å². The van der Waals surface area contributed by atoms with Gasteiger partial charge >= 0.3 is 0 Å². The van der Waals surface area contributed by atoms with E-state index >= 15 is 0 Å². The van der Waals surface area contributed by atoms with Gasteiger partial charge in [0.2, 0.25) is 12.7 Å². The molecule has 0 spiro atoms. The third-order valence-electron chi connectivity index (χ3n) is 3.35. The highest BCUT2D eigenvalue weighted by Crippen LogP contribution is 2.27. The lowest BCUT2D eigenvalue weighted by Crippen LogP contribution is -2.42.